The summed E-state index contributed by atoms with van der Waals surface area (Å²) in [7, 11) is 5.07. The molecule has 1 fully saturated rings. The number of aliphatic hydroxyl groups is 1. The van der Waals surface area contributed by atoms with E-state index in [0.717, 1.165) is 0 Å². The predicted octanol–water partition coefficient (Wildman–Crippen LogP) is -0.258. The molecule has 0 aromatic heterocycles. The molecule has 0 amide bonds. The third-order valence-electron chi connectivity index (χ3n) is 2.35. The minimum atomic E-state index is -3.20. The number of ether oxygens (including phenoxy) is 2. The van der Waals surface area contributed by atoms with Crippen molar-refractivity contribution in [1.29, 1.82) is 0 Å². The topological polar surface area (TPSA) is 74.2 Å². The highest BCUT2D eigenvalue weighted by atomic mass is 31.2. The maximum Gasteiger partial charge on any atom is 0.327 e. The molecule has 0 saturated carbocycles. The van der Waals surface area contributed by atoms with Gasteiger partial charge in [-0.3, -0.25) is 9.09 Å². The van der Waals surface area contributed by atoms with Gasteiger partial charge < -0.3 is 19.1 Å². The first-order valence-corrected chi connectivity index (χ1v) is 6.80. The van der Waals surface area contributed by atoms with E-state index in [9.17, 15) is 9.67 Å². The van der Waals surface area contributed by atoms with Gasteiger partial charge in [0.1, 0.15) is 26.2 Å². The molecule has 92 valence electrons. The number of methoxy groups -OCH3 is 1. The van der Waals surface area contributed by atoms with Crippen molar-refractivity contribution >= 4 is 15.4 Å². The van der Waals surface area contributed by atoms with E-state index in [2.05, 4.69) is 0 Å². The van der Waals surface area contributed by atoms with Crippen LogP contribution in [-0.2, 0) is 23.1 Å². The maximum atomic E-state index is 11.6. The van der Waals surface area contributed by atoms with Gasteiger partial charge in [0.15, 0.2) is 0 Å². The Bertz CT molecular complexity index is 275. The molecule has 1 heterocycles. The summed E-state index contributed by atoms with van der Waals surface area (Å²) < 4.78 is 31.7. The lowest BCUT2D eigenvalue weighted by Crippen LogP contribution is -2.36. The van der Waals surface area contributed by atoms with Crippen LogP contribution in [0.3, 0.4) is 0 Å². The van der Waals surface area contributed by atoms with Crippen LogP contribution < -0.4 is 0 Å². The van der Waals surface area contributed by atoms with Crippen molar-refractivity contribution in [3.8, 4) is 0 Å². The first-order chi connectivity index (χ1) is 7.41. The summed E-state index contributed by atoms with van der Waals surface area (Å²) in [5.74, 6) is 0. The molecule has 1 aliphatic heterocycles. The van der Waals surface area contributed by atoms with Crippen LogP contribution in [0.1, 0.15) is 0 Å². The molecular weight excluding hydrogens is 234 g/mol. The van der Waals surface area contributed by atoms with Crippen LogP contribution in [0.25, 0.3) is 0 Å². The van der Waals surface area contributed by atoms with E-state index < -0.39 is 31.9 Å². The van der Waals surface area contributed by atoms with Crippen molar-refractivity contribution in [3.63, 3.8) is 0 Å². The zero-order valence-electron chi connectivity index (χ0n) is 9.53. The van der Waals surface area contributed by atoms with Gasteiger partial charge in [0.25, 0.3) is 0 Å². The van der Waals surface area contributed by atoms with Gasteiger partial charge in [-0.1, -0.05) is 0 Å². The summed E-state index contributed by atoms with van der Waals surface area (Å²) in [5, 5.41) is 9.71. The fourth-order valence-corrected chi connectivity index (χ4v) is 2.25. The van der Waals surface area contributed by atoms with Crippen LogP contribution in [0, 0.1) is 0 Å². The molecule has 16 heavy (non-hydrogen) atoms. The lowest BCUT2D eigenvalue weighted by atomic mass is 9.93. The van der Waals surface area contributed by atoms with Crippen LogP contribution in [-0.4, -0.2) is 64.8 Å². The van der Waals surface area contributed by atoms with Gasteiger partial charge in [0.2, 0.25) is 0 Å². The monoisotopic (exact) mass is 250 g/mol. The molecule has 0 bridgehead atoms. The average Bonchev–Trinajstić information content (AvgIpc) is 2.47. The van der Waals surface area contributed by atoms with Crippen LogP contribution >= 0.6 is 7.60 Å². The highest BCUT2D eigenvalue weighted by Gasteiger charge is 2.44. The first-order valence-electron chi connectivity index (χ1n) is 4.81. The molecule has 5 atom stereocenters. The van der Waals surface area contributed by atoms with Crippen LogP contribution in [0.2, 0.25) is 0 Å². The second-order valence-electron chi connectivity index (χ2n) is 3.61. The summed E-state index contributed by atoms with van der Waals surface area (Å²) in [4.78, 5) is 0. The second kappa shape index (κ2) is 5.62. The van der Waals surface area contributed by atoms with Crippen molar-refractivity contribution < 1.29 is 28.2 Å². The van der Waals surface area contributed by atoms with Gasteiger partial charge in [0.05, 0.1) is 6.61 Å². The average molecular weight is 250 g/mol. The second-order valence-corrected chi connectivity index (χ2v) is 5.73. The molecule has 6 nitrogen and oxygen atoms in total. The summed E-state index contributed by atoms with van der Waals surface area (Å²) in [6, 6.07) is -0.873. The minimum absolute atomic E-state index is 0.194. The molecule has 8 heteroatoms. The molecule has 0 spiro atoms. The molecule has 2 radical (unpaired) electrons. The summed E-state index contributed by atoms with van der Waals surface area (Å²) >= 11 is 0. The lowest BCUT2D eigenvalue weighted by Gasteiger charge is -2.23. The number of rotatable bonds is 5. The third-order valence-corrected chi connectivity index (χ3v) is 3.64. The van der Waals surface area contributed by atoms with Crippen LogP contribution in [0.15, 0.2) is 0 Å². The smallest absolute Gasteiger partial charge is 0.327 e. The SMILES string of the molecule is [B][C@@H]1O[C@H](COC)[C@H](OP(C)(=O)OC)C1O. The molecule has 1 rings (SSSR count). The number of hydrogen-bond acceptors (Lipinski definition) is 6. The van der Waals surface area contributed by atoms with Crippen molar-refractivity contribution in [3.05, 3.63) is 0 Å². The standard InChI is InChI=1S/C8H16BO6P/c1-12-4-5-7(6(10)8(9)14-5)15-16(3,11)13-2/h5-8,10H,4H2,1-3H3/t5-,6?,7+,8-,16?/m1/s1. The summed E-state index contributed by atoms with van der Waals surface area (Å²) in [6.45, 7) is 1.51. The molecule has 1 saturated heterocycles. The van der Waals surface area contributed by atoms with E-state index in [1.165, 1.54) is 20.9 Å². The molecule has 1 aliphatic rings. The van der Waals surface area contributed by atoms with Gasteiger partial charge in [-0.15, -0.1) is 0 Å². The lowest BCUT2D eigenvalue weighted by molar-refractivity contribution is -0.0153. The Morgan fingerprint density at radius 3 is 2.62 bits per heavy atom. The Hall–Kier alpha value is 0.0949. The quantitative estimate of drug-likeness (QED) is 0.535. The van der Waals surface area contributed by atoms with Crippen LogP contribution in [0.4, 0.5) is 0 Å². The van der Waals surface area contributed by atoms with Gasteiger partial charge in [-0.25, -0.2) is 0 Å². The largest absolute Gasteiger partial charge is 0.388 e. The van der Waals surface area contributed by atoms with Gasteiger partial charge in [0, 0.05) is 26.9 Å². The van der Waals surface area contributed by atoms with Gasteiger partial charge in [-0.2, -0.15) is 0 Å². The molecule has 0 aliphatic carbocycles. The Morgan fingerprint density at radius 1 is 1.50 bits per heavy atom. The van der Waals surface area contributed by atoms with Crippen LogP contribution in [0.5, 0.6) is 0 Å². The molecule has 2 unspecified atom stereocenters. The third kappa shape index (κ3) is 3.29. The Balaban J connectivity index is 2.70. The van der Waals surface area contributed by atoms with Gasteiger partial charge >= 0.3 is 7.60 Å². The number of aliphatic hydroxyl groups excluding tert-OH is 1. The molecule has 0 aromatic rings. The van der Waals surface area contributed by atoms with Crippen molar-refractivity contribution in [2.45, 2.75) is 24.3 Å². The normalized spacial score (nSPS) is 38.5. The Morgan fingerprint density at radius 2 is 2.12 bits per heavy atom. The van der Waals surface area contributed by atoms with E-state index in [4.69, 9.17) is 26.4 Å². The van der Waals surface area contributed by atoms with E-state index in [-0.39, 0.29) is 6.61 Å². The van der Waals surface area contributed by atoms with Crippen molar-refractivity contribution in [1.82, 2.24) is 0 Å². The highest BCUT2D eigenvalue weighted by Crippen LogP contribution is 2.46. The van der Waals surface area contributed by atoms with E-state index >= 15 is 0 Å². The van der Waals surface area contributed by atoms with E-state index in [1.54, 1.807) is 0 Å². The maximum absolute atomic E-state index is 11.6. The molecular formula is C8H16BO6P. The molecule has 0 aromatic carbocycles. The van der Waals surface area contributed by atoms with Gasteiger partial charge in [-0.05, 0) is 0 Å². The van der Waals surface area contributed by atoms with Crippen molar-refractivity contribution in [2.75, 3.05) is 27.5 Å². The molecule has 1 N–H and O–H groups in total. The zero-order valence-corrected chi connectivity index (χ0v) is 10.4. The summed E-state index contributed by atoms with van der Waals surface area (Å²) in [6.07, 6.45) is -2.42. The fourth-order valence-electron chi connectivity index (χ4n) is 1.46. The van der Waals surface area contributed by atoms with Crippen molar-refractivity contribution in [2.24, 2.45) is 0 Å². The number of hydrogen-bond donors (Lipinski definition) is 1. The Labute approximate surface area is 96.2 Å². The summed E-state index contributed by atoms with van der Waals surface area (Å²) in [5.41, 5.74) is 0. The Kier molecular flexibility index (Phi) is 4.97. The first kappa shape index (κ1) is 14.2. The highest BCUT2D eigenvalue weighted by molar-refractivity contribution is 7.52. The minimum Gasteiger partial charge on any atom is -0.388 e. The zero-order chi connectivity index (χ0) is 12.3. The van der Waals surface area contributed by atoms with E-state index in [1.807, 2.05) is 0 Å². The predicted molar refractivity (Wildman–Crippen MR) is 57.7 cm³/mol. The van der Waals surface area contributed by atoms with E-state index in [0.29, 0.717) is 0 Å². The fraction of sp³-hybridized carbons (Fsp3) is 1.00.